The van der Waals surface area contributed by atoms with E-state index in [4.69, 9.17) is 0 Å². The van der Waals surface area contributed by atoms with Crippen LogP contribution in [-0.4, -0.2) is 127 Å². The third-order valence-corrected chi connectivity index (χ3v) is 1.24. The maximum atomic E-state index is 10.8. The third-order valence-electron chi connectivity index (χ3n) is 1.24. The molecule has 84 valence electrons. The molecule has 0 rings (SSSR count). The zero-order chi connectivity index (χ0) is 11.0. The molecule has 1 atom stereocenters. The van der Waals surface area contributed by atoms with E-state index in [9.17, 15) is 19.2 Å². The number of esters is 2. The average molecular weight is 276 g/mol. The Labute approximate surface area is 164 Å². The van der Waals surface area contributed by atoms with Gasteiger partial charge in [-0.15, -0.1) is 0 Å². The molecule has 0 aliphatic carbocycles. The zero-order valence-electron chi connectivity index (χ0n) is 7.30. The Kier molecular flexibility index (Phi) is 27.1. The van der Waals surface area contributed by atoms with Crippen molar-refractivity contribution in [1.82, 2.24) is 0 Å². The van der Waals surface area contributed by atoms with Crippen LogP contribution in [0.3, 0.4) is 0 Å². The van der Waals surface area contributed by atoms with Crippen LogP contribution < -0.4 is 0 Å². The van der Waals surface area contributed by atoms with Gasteiger partial charge in [0.05, 0.1) is 6.42 Å². The molecule has 0 aromatic rings. The number of hydrogen-bond donors (Lipinski definition) is 0. The van der Waals surface area contributed by atoms with Gasteiger partial charge in [-0.3, -0.25) is 14.4 Å². The van der Waals surface area contributed by atoms with Gasteiger partial charge in [-0.25, -0.2) is 4.79 Å². The van der Waals surface area contributed by atoms with Gasteiger partial charge in [0.25, 0.3) is 0 Å². The normalized spacial score (nSPS) is 9.24. The van der Waals surface area contributed by atoms with Crippen LogP contribution in [0, 0.1) is 0 Å². The van der Waals surface area contributed by atoms with Crippen LogP contribution in [0.2, 0.25) is 0 Å². The first-order valence-corrected chi connectivity index (χ1v) is 3.45. The summed E-state index contributed by atoms with van der Waals surface area (Å²) in [5.74, 6) is -1.97. The third kappa shape index (κ3) is 13.5. The number of hydrogen-bond acceptors (Lipinski definition) is 7. The van der Waals surface area contributed by atoms with Gasteiger partial charge in [0.15, 0.2) is 6.10 Å². The molecule has 0 bridgehead atoms. The van der Waals surface area contributed by atoms with Crippen molar-refractivity contribution in [2.24, 2.45) is 0 Å². The maximum absolute atomic E-state index is 10.8. The SMILES string of the molecule is COC(CC(=O)OC=O)C(=O)OC=O.[NaH].[NaH].[NaH]. The number of carbonyl (C=O) groups excluding carboxylic acids is 4. The topological polar surface area (TPSA) is 96.0 Å². The first-order valence-electron chi connectivity index (χ1n) is 3.45. The van der Waals surface area contributed by atoms with Crippen LogP contribution in [-0.2, 0) is 33.4 Å². The summed E-state index contributed by atoms with van der Waals surface area (Å²) in [5, 5.41) is 0. The quantitative estimate of drug-likeness (QED) is 0.219. The fraction of sp³-hybridized carbons (Fsp3) is 0.429. The Hall–Kier alpha value is 1.24. The second-order valence-corrected chi connectivity index (χ2v) is 2.05. The molecule has 10 heteroatoms. The molecule has 0 aliphatic rings. The molecule has 0 heterocycles. The summed E-state index contributed by atoms with van der Waals surface area (Å²) >= 11 is 0. The summed E-state index contributed by atoms with van der Waals surface area (Å²) in [6, 6.07) is 0. The van der Waals surface area contributed by atoms with Gasteiger partial charge in [0.1, 0.15) is 0 Å². The summed E-state index contributed by atoms with van der Waals surface area (Å²) in [5.41, 5.74) is 0. The van der Waals surface area contributed by atoms with E-state index in [-0.39, 0.29) is 102 Å². The van der Waals surface area contributed by atoms with Gasteiger partial charge in [0.2, 0.25) is 0 Å². The molecule has 0 aliphatic heterocycles. The molecule has 0 saturated carbocycles. The molecular formula is C7H11Na3O7. The van der Waals surface area contributed by atoms with Crippen molar-refractivity contribution in [3.8, 4) is 0 Å². The van der Waals surface area contributed by atoms with E-state index in [1.54, 1.807) is 0 Å². The van der Waals surface area contributed by atoms with Gasteiger partial charge < -0.3 is 14.2 Å². The van der Waals surface area contributed by atoms with E-state index in [0.29, 0.717) is 0 Å². The van der Waals surface area contributed by atoms with Crippen molar-refractivity contribution in [3.05, 3.63) is 0 Å². The van der Waals surface area contributed by atoms with Crippen LogP contribution in [0.15, 0.2) is 0 Å². The number of methoxy groups -OCH3 is 1. The van der Waals surface area contributed by atoms with E-state index >= 15 is 0 Å². The molecule has 0 aromatic carbocycles. The standard InChI is InChI=1S/C7H8O7.3Na.3H/c1-12-5(7(11)14-4-9)2-6(10)13-3-8;;;;;;/h3-5H,2H2,1H3;;;;;;. The monoisotopic (exact) mass is 276 g/mol. The molecule has 0 fully saturated rings. The van der Waals surface area contributed by atoms with Crippen LogP contribution in [0.5, 0.6) is 0 Å². The molecule has 17 heavy (non-hydrogen) atoms. The van der Waals surface area contributed by atoms with Gasteiger partial charge in [-0.1, -0.05) is 0 Å². The minimum absolute atomic E-state index is 0. The number of ether oxygens (including phenoxy) is 3. The molecule has 0 radical (unpaired) electrons. The van der Waals surface area contributed by atoms with Gasteiger partial charge >= 0.3 is 114 Å². The van der Waals surface area contributed by atoms with Crippen LogP contribution in [0.1, 0.15) is 6.42 Å². The molecule has 7 nitrogen and oxygen atoms in total. The van der Waals surface area contributed by atoms with Crippen molar-refractivity contribution in [3.63, 3.8) is 0 Å². The first-order chi connectivity index (χ1) is 6.65. The molecular weight excluding hydrogens is 265 g/mol. The van der Waals surface area contributed by atoms with Crippen LogP contribution in [0.4, 0.5) is 0 Å². The number of carbonyl (C=O) groups is 4. The molecule has 0 aromatic heterocycles. The van der Waals surface area contributed by atoms with E-state index in [1.807, 2.05) is 0 Å². The Morgan fingerprint density at radius 3 is 1.88 bits per heavy atom. The average Bonchev–Trinajstić information content (AvgIpc) is 2.15. The number of rotatable bonds is 6. The minimum atomic E-state index is -1.26. The Morgan fingerprint density at radius 2 is 1.53 bits per heavy atom. The summed E-state index contributed by atoms with van der Waals surface area (Å²) < 4.78 is 12.4. The summed E-state index contributed by atoms with van der Waals surface area (Å²) in [6.07, 6.45) is -1.75. The van der Waals surface area contributed by atoms with Crippen molar-refractivity contribution >= 4 is 114 Å². The van der Waals surface area contributed by atoms with Crippen molar-refractivity contribution in [1.29, 1.82) is 0 Å². The molecule has 1 unspecified atom stereocenters. The van der Waals surface area contributed by atoms with Gasteiger partial charge in [0, 0.05) is 7.11 Å². The van der Waals surface area contributed by atoms with Crippen molar-refractivity contribution in [2.75, 3.05) is 7.11 Å². The summed E-state index contributed by atoms with van der Waals surface area (Å²) in [6.45, 7) is -0.153. The zero-order valence-corrected chi connectivity index (χ0v) is 7.30. The molecule has 0 saturated heterocycles. The summed E-state index contributed by atoms with van der Waals surface area (Å²) in [7, 11) is 1.14. The van der Waals surface area contributed by atoms with Crippen LogP contribution >= 0.6 is 0 Å². The molecule has 0 spiro atoms. The fourth-order valence-electron chi connectivity index (χ4n) is 0.639. The second-order valence-electron chi connectivity index (χ2n) is 2.05. The fourth-order valence-corrected chi connectivity index (χ4v) is 0.639. The van der Waals surface area contributed by atoms with E-state index in [2.05, 4.69) is 14.2 Å². The predicted molar refractivity (Wildman–Crippen MR) is 61.2 cm³/mol. The van der Waals surface area contributed by atoms with Gasteiger partial charge in [-0.05, 0) is 0 Å². The van der Waals surface area contributed by atoms with E-state index in [0.717, 1.165) is 7.11 Å². The van der Waals surface area contributed by atoms with Crippen molar-refractivity contribution < 1.29 is 33.4 Å². The van der Waals surface area contributed by atoms with Crippen molar-refractivity contribution in [2.45, 2.75) is 12.5 Å². The Bertz CT molecular complexity index is 246. The molecule has 0 amide bonds. The van der Waals surface area contributed by atoms with Gasteiger partial charge in [-0.2, -0.15) is 0 Å². The second kappa shape index (κ2) is 17.2. The molecule has 0 N–H and O–H groups in total. The first kappa shape index (κ1) is 26.7. The van der Waals surface area contributed by atoms with E-state index < -0.39 is 24.5 Å². The summed E-state index contributed by atoms with van der Waals surface area (Å²) in [4.78, 5) is 41.0. The Morgan fingerprint density at radius 1 is 1.06 bits per heavy atom. The Balaban J connectivity index is -0.000000282. The predicted octanol–water partition coefficient (Wildman–Crippen LogP) is -3.15. The van der Waals surface area contributed by atoms with E-state index in [1.165, 1.54) is 0 Å². The van der Waals surface area contributed by atoms with Crippen LogP contribution in [0.25, 0.3) is 0 Å².